The van der Waals surface area contributed by atoms with Gasteiger partial charge in [0.25, 0.3) is 0 Å². The van der Waals surface area contributed by atoms with Crippen molar-refractivity contribution in [2.24, 2.45) is 0 Å². The van der Waals surface area contributed by atoms with Crippen molar-refractivity contribution in [1.29, 1.82) is 0 Å². The summed E-state index contributed by atoms with van der Waals surface area (Å²) in [6, 6.07) is -0.216. The topological polar surface area (TPSA) is 75.7 Å². The van der Waals surface area contributed by atoms with Crippen LogP contribution in [-0.2, 0) is 14.8 Å². The summed E-state index contributed by atoms with van der Waals surface area (Å²) in [6.07, 6.45) is 1.14. The zero-order valence-corrected chi connectivity index (χ0v) is 12.9. The van der Waals surface area contributed by atoms with Crippen LogP contribution in [0.3, 0.4) is 0 Å². The molecule has 0 radical (unpaired) electrons. The molecule has 1 fully saturated rings. The molecule has 0 aromatic rings. The van der Waals surface area contributed by atoms with Crippen LogP contribution in [0.1, 0.15) is 40.5 Å². The highest BCUT2D eigenvalue weighted by molar-refractivity contribution is 7.89. The maximum Gasteiger partial charge on any atom is 0.410 e. The smallest absolute Gasteiger partial charge is 0.410 e. The number of sulfonamides is 1. The number of hydrogen-bond acceptors (Lipinski definition) is 4. The van der Waals surface area contributed by atoms with Gasteiger partial charge in [-0.2, -0.15) is 0 Å². The van der Waals surface area contributed by atoms with E-state index in [9.17, 15) is 13.2 Å². The van der Waals surface area contributed by atoms with Crippen LogP contribution >= 0.6 is 0 Å². The summed E-state index contributed by atoms with van der Waals surface area (Å²) in [7, 11) is -3.23. The van der Waals surface area contributed by atoms with Crippen molar-refractivity contribution in [3.05, 3.63) is 0 Å². The van der Waals surface area contributed by atoms with Crippen LogP contribution in [0.4, 0.5) is 4.79 Å². The average Bonchev–Trinajstić information content (AvgIpc) is 2.26. The van der Waals surface area contributed by atoms with Crippen LogP contribution < -0.4 is 4.72 Å². The van der Waals surface area contributed by atoms with E-state index >= 15 is 0 Å². The Morgan fingerprint density at radius 2 is 2.05 bits per heavy atom. The fourth-order valence-electron chi connectivity index (χ4n) is 1.90. The number of carbonyl (C=O) groups excluding carboxylic acids is 1. The summed E-state index contributed by atoms with van der Waals surface area (Å²) in [5.41, 5.74) is -0.535. The predicted octanol–water partition coefficient (Wildman–Crippen LogP) is 1.33. The molecule has 0 unspecified atom stereocenters. The van der Waals surface area contributed by atoms with Gasteiger partial charge >= 0.3 is 6.09 Å². The molecule has 1 N–H and O–H groups in total. The minimum absolute atomic E-state index is 0.0515. The van der Waals surface area contributed by atoms with Crippen molar-refractivity contribution in [3.63, 3.8) is 0 Å². The van der Waals surface area contributed by atoms with Crippen molar-refractivity contribution >= 4 is 16.1 Å². The van der Waals surface area contributed by atoms with Crippen LogP contribution in [0.2, 0.25) is 0 Å². The Balaban J connectivity index is 2.57. The first-order chi connectivity index (χ1) is 8.63. The van der Waals surface area contributed by atoms with Gasteiger partial charge in [-0.15, -0.1) is 0 Å². The molecule has 1 aliphatic rings. The van der Waals surface area contributed by atoms with Gasteiger partial charge < -0.3 is 9.64 Å². The van der Waals surface area contributed by atoms with E-state index in [0.29, 0.717) is 13.1 Å². The van der Waals surface area contributed by atoms with Crippen LogP contribution in [0.5, 0.6) is 0 Å². The predicted molar refractivity (Wildman–Crippen MR) is 73.4 cm³/mol. The molecule has 0 bridgehead atoms. The number of hydrogen-bond donors (Lipinski definition) is 1. The summed E-state index contributed by atoms with van der Waals surface area (Å²) >= 11 is 0. The molecule has 0 aliphatic carbocycles. The van der Waals surface area contributed by atoms with Crippen molar-refractivity contribution < 1.29 is 17.9 Å². The Morgan fingerprint density at radius 3 is 2.58 bits per heavy atom. The van der Waals surface area contributed by atoms with Crippen LogP contribution in [0.15, 0.2) is 0 Å². The maximum atomic E-state index is 11.9. The van der Waals surface area contributed by atoms with Crippen molar-refractivity contribution in [3.8, 4) is 0 Å². The molecule has 1 saturated heterocycles. The Hall–Kier alpha value is -0.820. The average molecular weight is 292 g/mol. The standard InChI is InChI=1S/C12H24N2O4S/c1-5-19(16,17)13-10-7-6-8-14(9-10)11(15)18-12(2,3)4/h10,13H,5-9H2,1-4H3/t10-/m0/s1. The first kappa shape index (κ1) is 16.2. The quantitative estimate of drug-likeness (QED) is 0.851. The second-order valence-electron chi connectivity index (χ2n) is 5.79. The number of likely N-dealkylation sites (tertiary alicyclic amines) is 1. The number of ether oxygens (including phenoxy) is 1. The monoisotopic (exact) mass is 292 g/mol. The number of piperidine rings is 1. The molecular formula is C12H24N2O4S. The highest BCUT2D eigenvalue weighted by atomic mass is 32.2. The van der Waals surface area contributed by atoms with Gasteiger partial charge in [0.15, 0.2) is 0 Å². The van der Waals surface area contributed by atoms with Crippen molar-refractivity contribution in [2.45, 2.75) is 52.2 Å². The number of amides is 1. The lowest BCUT2D eigenvalue weighted by Crippen LogP contribution is -2.50. The minimum Gasteiger partial charge on any atom is -0.444 e. The molecule has 0 aromatic carbocycles. The molecule has 1 aliphatic heterocycles. The SMILES string of the molecule is CCS(=O)(=O)N[C@H]1CCCN(C(=O)OC(C)(C)C)C1. The van der Waals surface area contributed by atoms with E-state index in [1.807, 2.05) is 20.8 Å². The van der Waals surface area contributed by atoms with E-state index in [4.69, 9.17) is 4.74 Å². The van der Waals surface area contributed by atoms with Gasteiger partial charge in [0.1, 0.15) is 5.60 Å². The molecule has 1 amide bonds. The summed E-state index contributed by atoms with van der Waals surface area (Å²) in [5, 5.41) is 0. The molecular weight excluding hydrogens is 268 g/mol. The van der Waals surface area contributed by atoms with Crippen LogP contribution in [0, 0.1) is 0 Å². The van der Waals surface area contributed by atoms with Crippen molar-refractivity contribution in [1.82, 2.24) is 9.62 Å². The lowest BCUT2D eigenvalue weighted by molar-refractivity contribution is 0.0195. The zero-order valence-electron chi connectivity index (χ0n) is 12.1. The Labute approximate surface area is 115 Å². The molecule has 6 nitrogen and oxygen atoms in total. The normalized spacial score (nSPS) is 21.3. The van der Waals surface area contributed by atoms with Gasteiger partial charge in [-0.1, -0.05) is 0 Å². The maximum absolute atomic E-state index is 11.9. The molecule has 19 heavy (non-hydrogen) atoms. The van der Waals surface area contributed by atoms with Gasteiger partial charge in [0, 0.05) is 19.1 Å². The summed E-state index contributed by atoms with van der Waals surface area (Å²) < 4.78 is 31.0. The van der Waals surface area contributed by atoms with E-state index in [1.54, 1.807) is 11.8 Å². The molecule has 0 spiro atoms. The third kappa shape index (κ3) is 5.78. The first-order valence-electron chi connectivity index (χ1n) is 6.61. The second kappa shape index (κ2) is 6.09. The third-order valence-electron chi connectivity index (χ3n) is 2.80. The first-order valence-corrected chi connectivity index (χ1v) is 8.26. The van der Waals surface area contributed by atoms with E-state index in [0.717, 1.165) is 12.8 Å². The molecule has 112 valence electrons. The van der Waals surface area contributed by atoms with Gasteiger partial charge in [0.2, 0.25) is 10.0 Å². The fraction of sp³-hybridized carbons (Fsp3) is 0.917. The molecule has 0 saturated carbocycles. The Morgan fingerprint density at radius 1 is 1.42 bits per heavy atom. The van der Waals surface area contributed by atoms with E-state index in [1.165, 1.54) is 0 Å². The van der Waals surface area contributed by atoms with E-state index in [-0.39, 0.29) is 17.9 Å². The van der Waals surface area contributed by atoms with Gasteiger partial charge in [-0.25, -0.2) is 17.9 Å². The van der Waals surface area contributed by atoms with E-state index in [2.05, 4.69) is 4.72 Å². The van der Waals surface area contributed by atoms with Crippen LogP contribution in [-0.4, -0.2) is 49.9 Å². The second-order valence-corrected chi connectivity index (χ2v) is 7.83. The molecule has 0 aromatic heterocycles. The molecule has 1 rings (SSSR count). The minimum atomic E-state index is -3.23. The van der Waals surface area contributed by atoms with Crippen LogP contribution in [0.25, 0.3) is 0 Å². The molecule has 1 atom stereocenters. The number of nitrogens with zero attached hydrogens (tertiary/aromatic N) is 1. The summed E-state index contributed by atoms with van der Waals surface area (Å²) in [5.74, 6) is 0.0515. The molecule has 7 heteroatoms. The number of nitrogens with one attached hydrogen (secondary N) is 1. The summed E-state index contributed by atoms with van der Waals surface area (Å²) in [4.78, 5) is 13.5. The number of carbonyl (C=O) groups is 1. The summed E-state index contributed by atoms with van der Waals surface area (Å²) in [6.45, 7) is 8.01. The van der Waals surface area contributed by atoms with Gasteiger partial charge in [-0.3, -0.25) is 0 Å². The highest BCUT2D eigenvalue weighted by Gasteiger charge is 2.29. The Bertz CT molecular complexity index is 414. The van der Waals surface area contributed by atoms with E-state index < -0.39 is 15.6 Å². The lowest BCUT2D eigenvalue weighted by Gasteiger charge is -2.34. The van der Waals surface area contributed by atoms with Gasteiger partial charge in [0.05, 0.1) is 5.75 Å². The largest absolute Gasteiger partial charge is 0.444 e. The fourth-order valence-corrected chi connectivity index (χ4v) is 2.77. The lowest BCUT2D eigenvalue weighted by atomic mass is 10.1. The van der Waals surface area contributed by atoms with Gasteiger partial charge in [-0.05, 0) is 40.5 Å². The molecule has 1 heterocycles. The highest BCUT2D eigenvalue weighted by Crippen LogP contribution is 2.15. The zero-order chi connectivity index (χ0) is 14.7. The van der Waals surface area contributed by atoms with Crippen molar-refractivity contribution in [2.75, 3.05) is 18.8 Å². The Kier molecular flexibility index (Phi) is 5.20. The number of rotatable bonds is 3. The third-order valence-corrected chi connectivity index (χ3v) is 4.25.